The van der Waals surface area contributed by atoms with Gasteiger partial charge in [-0.15, -0.1) is 0 Å². The van der Waals surface area contributed by atoms with Gasteiger partial charge in [0.15, 0.2) is 0 Å². The molecule has 1 aromatic carbocycles. The molecule has 2 rings (SSSR count). The van der Waals surface area contributed by atoms with Crippen LogP contribution in [-0.4, -0.2) is 30.1 Å². The molecule has 1 saturated heterocycles. The normalized spacial score (nSPS) is 27.0. The van der Waals surface area contributed by atoms with Crippen molar-refractivity contribution in [2.45, 2.75) is 18.4 Å². The van der Waals surface area contributed by atoms with Gasteiger partial charge >= 0.3 is 0 Å². The van der Waals surface area contributed by atoms with Gasteiger partial charge in [-0.2, -0.15) is 0 Å². The Morgan fingerprint density at radius 2 is 2.25 bits per heavy atom. The first-order valence-corrected chi connectivity index (χ1v) is 5.75. The van der Waals surface area contributed by atoms with Crippen molar-refractivity contribution in [2.75, 3.05) is 20.1 Å². The van der Waals surface area contributed by atoms with Crippen LogP contribution in [0.4, 0.5) is 4.39 Å². The van der Waals surface area contributed by atoms with E-state index >= 15 is 0 Å². The summed E-state index contributed by atoms with van der Waals surface area (Å²) < 4.78 is 13.7. The Kier molecular flexibility index (Phi) is 3.19. The minimum absolute atomic E-state index is 0.350. The first-order valence-electron chi connectivity index (χ1n) is 5.38. The van der Waals surface area contributed by atoms with Crippen LogP contribution in [0.15, 0.2) is 18.2 Å². The molecule has 0 aromatic heterocycles. The van der Waals surface area contributed by atoms with Crippen LogP contribution in [0.2, 0.25) is 5.02 Å². The number of aliphatic hydroxyl groups is 1. The lowest BCUT2D eigenvalue weighted by Gasteiger charge is -2.37. The lowest BCUT2D eigenvalue weighted by atomic mass is 9.85. The molecule has 2 nitrogen and oxygen atoms in total. The zero-order chi connectivity index (χ0) is 11.8. The molecule has 16 heavy (non-hydrogen) atoms. The van der Waals surface area contributed by atoms with Crippen molar-refractivity contribution in [3.05, 3.63) is 34.6 Å². The summed E-state index contributed by atoms with van der Waals surface area (Å²) in [5.74, 6) is -0.426. The van der Waals surface area contributed by atoms with Gasteiger partial charge < -0.3 is 10.0 Å². The molecule has 0 radical (unpaired) electrons. The Bertz CT molecular complexity index is 399. The standard InChI is InChI=1S/C12H15ClFNO/c1-15-6-2-5-12(16,8-15)10-4-3-9(13)7-11(10)14/h3-4,7,16H,2,5-6,8H2,1H3. The van der Waals surface area contributed by atoms with E-state index in [9.17, 15) is 9.50 Å². The van der Waals surface area contributed by atoms with Crippen LogP contribution >= 0.6 is 11.6 Å². The Labute approximate surface area is 99.6 Å². The molecular weight excluding hydrogens is 229 g/mol. The lowest BCUT2D eigenvalue weighted by Crippen LogP contribution is -2.44. The predicted octanol–water partition coefficient (Wildman–Crippen LogP) is 2.39. The Balaban J connectivity index is 2.34. The van der Waals surface area contributed by atoms with Crippen LogP contribution in [0.25, 0.3) is 0 Å². The van der Waals surface area contributed by atoms with Crippen molar-refractivity contribution in [3.8, 4) is 0 Å². The summed E-state index contributed by atoms with van der Waals surface area (Å²) in [5.41, 5.74) is -0.731. The average molecular weight is 244 g/mol. The van der Waals surface area contributed by atoms with Gasteiger partial charge in [-0.05, 0) is 38.6 Å². The number of β-amino-alcohol motifs (C(OH)–C–C–N with tert-alkyl or cyclic N) is 1. The number of hydrogen-bond donors (Lipinski definition) is 1. The molecule has 0 aliphatic carbocycles. The van der Waals surface area contributed by atoms with Crippen LogP contribution in [0.1, 0.15) is 18.4 Å². The highest BCUT2D eigenvalue weighted by Crippen LogP contribution is 2.33. The van der Waals surface area contributed by atoms with Gasteiger partial charge in [-0.1, -0.05) is 17.7 Å². The summed E-state index contributed by atoms with van der Waals surface area (Å²) >= 11 is 5.70. The molecule has 4 heteroatoms. The largest absolute Gasteiger partial charge is 0.384 e. The molecule has 1 aromatic rings. The smallest absolute Gasteiger partial charge is 0.130 e. The van der Waals surface area contributed by atoms with Crippen LogP contribution in [0, 0.1) is 5.82 Å². The number of rotatable bonds is 1. The Hall–Kier alpha value is -0.640. The van der Waals surface area contributed by atoms with Gasteiger partial charge in [0.05, 0.1) is 0 Å². The number of nitrogens with zero attached hydrogens (tertiary/aromatic N) is 1. The molecular formula is C12H15ClFNO. The molecule has 88 valence electrons. The van der Waals surface area contributed by atoms with Crippen LogP contribution in [-0.2, 0) is 5.60 Å². The van der Waals surface area contributed by atoms with Crippen molar-refractivity contribution < 1.29 is 9.50 Å². The van der Waals surface area contributed by atoms with Gasteiger partial charge in [-0.25, -0.2) is 4.39 Å². The van der Waals surface area contributed by atoms with Gasteiger partial charge in [0.2, 0.25) is 0 Å². The summed E-state index contributed by atoms with van der Waals surface area (Å²) in [7, 11) is 1.93. The number of likely N-dealkylation sites (N-methyl/N-ethyl adjacent to an activating group) is 1. The topological polar surface area (TPSA) is 23.5 Å². The SMILES string of the molecule is CN1CCCC(O)(c2ccc(Cl)cc2F)C1. The van der Waals surface area contributed by atoms with Crippen molar-refractivity contribution in [3.63, 3.8) is 0 Å². The van der Waals surface area contributed by atoms with E-state index in [-0.39, 0.29) is 0 Å². The third kappa shape index (κ3) is 2.21. The minimum Gasteiger partial charge on any atom is -0.384 e. The van der Waals surface area contributed by atoms with Crippen molar-refractivity contribution in [1.82, 2.24) is 4.90 Å². The molecule has 0 saturated carbocycles. The second-order valence-electron chi connectivity index (χ2n) is 4.50. The summed E-state index contributed by atoms with van der Waals surface area (Å²) in [5, 5.41) is 10.8. The molecule has 0 amide bonds. The quantitative estimate of drug-likeness (QED) is 0.819. The van der Waals surface area contributed by atoms with E-state index < -0.39 is 11.4 Å². The molecule has 1 aliphatic rings. The molecule has 1 atom stereocenters. The molecule has 1 N–H and O–H groups in total. The summed E-state index contributed by atoms with van der Waals surface area (Å²) in [6.07, 6.45) is 1.46. The van der Waals surface area contributed by atoms with Crippen molar-refractivity contribution >= 4 is 11.6 Å². The fraction of sp³-hybridized carbons (Fsp3) is 0.500. The highest BCUT2D eigenvalue weighted by Gasteiger charge is 2.35. The van der Waals surface area contributed by atoms with E-state index in [0.29, 0.717) is 23.6 Å². The number of halogens is 2. The maximum absolute atomic E-state index is 13.7. The molecule has 1 aliphatic heterocycles. The maximum Gasteiger partial charge on any atom is 0.130 e. The van der Waals surface area contributed by atoms with Gasteiger partial charge in [0.25, 0.3) is 0 Å². The average Bonchev–Trinajstić information content (AvgIpc) is 2.16. The zero-order valence-electron chi connectivity index (χ0n) is 9.21. The van der Waals surface area contributed by atoms with Gasteiger partial charge in [0, 0.05) is 17.1 Å². The minimum atomic E-state index is -1.08. The van der Waals surface area contributed by atoms with E-state index in [1.54, 1.807) is 12.1 Å². The third-order valence-corrected chi connectivity index (χ3v) is 3.33. The second kappa shape index (κ2) is 4.32. The predicted molar refractivity (Wildman–Crippen MR) is 62.0 cm³/mol. The van der Waals surface area contributed by atoms with Gasteiger partial charge in [0.1, 0.15) is 11.4 Å². The lowest BCUT2D eigenvalue weighted by molar-refractivity contribution is -0.0303. The van der Waals surface area contributed by atoms with Crippen molar-refractivity contribution in [1.29, 1.82) is 0 Å². The van der Waals surface area contributed by atoms with E-state index in [1.807, 2.05) is 11.9 Å². The first-order chi connectivity index (χ1) is 7.51. The van der Waals surface area contributed by atoms with E-state index in [2.05, 4.69) is 0 Å². The molecule has 0 bridgehead atoms. The zero-order valence-corrected chi connectivity index (χ0v) is 9.97. The maximum atomic E-state index is 13.7. The summed E-state index contributed by atoms with van der Waals surface area (Å²) in [4.78, 5) is 2.01. The van der Waals surface area contributed by atoms with E-state index in [0.717, 1.165) is 13.0 Å². The van der Waals surface area contributed by atoms with E-state index in [4.69, 9.17) is 11.6 Å². The first kappa shape index (κ1) is 11.8. The molecule has 1 unspecified atom stereocenters. The molecule has 1 fully saturated rings. The monoisotopic (exact) mass is 243 g/mol. The number of hydrogen-bond acceptors (Lipinski definition) is 2. The third-order valence-electron chi connectivity index (χ3n) is 3.09. The number of likely N-dealkylation sites (tertiary alicyclic amines) is 1. The Morgan fingerprint density at radius 3 is 2.88 bits per heavy atom. The van der Waals surface area contributed by atoms with Crippen molar-refractivity contribution in [2.24, 2.45) is 0 Å². The fourth-order valence-electron chi connectivity index (χ4n) is 2.33. The highest BCUT2D eigenvalue weighted by atomic mass is 35.5. The van der Waals surface area contributed by atoms with E-state index in [1.165, 1.54) is 6.07 Å². The summed E-state index contributed by atoms with van der Waals surface area (Å²) in [6, 6.07) is 4.45. The Morgan fingerprint density at radius 1 is 1.50 bits per heavy atom. The van der Waals surface area contributed by atoms with Crippen LogP contribution in [0.5, 0.6) is 0 Å². The highest BCUT2D eigenvalue weighted by molar-refractivity contribution is 6.30. The second-order valence-corrected chi connectivity index (χ2v) is 4.93. The van der Waals surface area contributed by atoms with Crippen LogP contribution < -0.4 is 0 Å². The van der Waals surface area contributed by atoms with Gasteiger partial charge in [-0.3, -0.25) is 0 Å². The number of benzene rings is 1. The molecule has 0 spiro atoms. The summed E-state index contributed by atoms with van der Waals surface area (Å²) in [6.45, 7) is 1.41. The van der Waals surface area contributed by atoms with Crippen LogP contribution in [0.3, 0.4) is 0 Å². The molecule has 1 heterocycles. The fourth-order valence-corrected chi connectivity index (χ4v) is 2.49. The number of piperidine rings is 1.